The molecule has 3 aliphatic rings. The van der Waals surface area contributed by atoms with E-state index in [0.29, 0.717) is 0 Å². The highest BCUT2D eigenvalue weighted by Crippen LogP contribution is 2.39. The van der Waals surface area contributed by atoms with Crippen LogP contribution in [0.1, 0.15) is 25.7 Å². The molecule has 0 aromatic carbocycles. The number of nitrogens with one attached hydrogen (secondary N) is 1. The molecule has 0 bridgehead atoms. The number of hydrogen-bond donors (Lipinski definition) is 1. The van der Waals surface area contributed by atoms with Crippen molar-refractivity contribution in [2.24, 2.45) is 0 Å². The third-order valence-corrected chi connectivity index (χ3v) is 3.66. The van der Waals surface area contributed by atoms with Crippen molar-refractivity contribution in [3.05, 3.63) is 29.8 Å². The summed E-state index contributed by atoms with van der Waals surface area (Å²) in [4.78, 5) is 0. The molecule has 0 aromatic rings. The Morgan fingerprint density at radius 1 is 1.21 bits per heavy atom. The van der Waals surface area contributed by atoms with Crippen molar-refractivity contribution in [3.8, 4) is 0 Å². The quantitative estimate of drug-likeness (QED) is 0.630. The minimum atomic E-state index is 0.245. The van der Waals surface area contributed by atoms with Crippen LogP contribution >= 0.6 is 0 Å². The second-order valence-corrected chi connectivity index (χ2v) is 4.42. The van der Waals surface area contributed by atoms with Crippen molar-refractivity contribution in [3.63, 3.8) is 0 Å². The van der Waals surface area contributed by atoms with Crippen LogP contribution in [0.3, 0.4) is 0 Å². The molecule has 1 saturated carbocycles. The van der Waals surface area contributed by atoms with Gasteiger partial charge in [-0.25, -0.2) is 0 Å². The summed E-state index contributed by atoms with van der Waals surface area (Å²) in [7, 11) is 0. The predicted octanol–water partition coefficient (Wildman–Crippen LogP) is 1.95. The molecule has 1 fully saturated rings. The van der Waals surface area contributed by atoms with Gasteiger partial charge in [0, 0.05) is 0 Å². The van der Waals surface area contributed by atoms with Gasteiger partial charge in [0.05, 0.1) is 18.8 Å². The fraction of sp³-hybridized carbons (Fsp3) is 0.583. The Morgan fingerprint density at radius 3 is 2.93 bits per heavy atom. The standard InChI is InChI=1S/C12H16NO/c1-2-5-12(6-3-1)11-9-14-8-10(11)4-7-13-12/h1,4,7,13H,2-3,5-6,8-9H2. The highest BCUT2D eigenvalue weighted by molar-refractivity contribution is 5.41. The molecule has 14 heavy (non-hydrogen) atoms. The summed E-state index contributed by atoms with van der Waals surface area (Å²) < 4.78 is 5.54. The Kier molecular flexibility index (Phi) is 1.91. The summed E-state index contributed by atoms with van der Waals surface area (Å²) >= 11 is 0. The van der Waals surface area contributed by atoms with Crippen LogP contribution in [0.5, 0.6) is 0 Å². The lowest BCUT2D eigenvalue weighted by atomic mass is 9.74. The van der Waals surface area contributed by atoms with E-state index in [9.17, 15) is 0 Å². The minimum Gasteiger partial charge on any atom is -0.382 e. The Balaban J connectivity index is 1.95. The first-order chi connectivity index (χ1) is 6.91. The molecule has 2 nitrogen and oxygen atoms in total. The summed E-state index contributed by atoms with van der Waals surface area (Å²) in [5.41, 5.74) is 3.19. The number of hydrogen-bond acceptors (Lipinski definition) is 2. The summed E-state index contributed by atoms with van der Waals surface area (Å²) in [5.74, 6) is 0. The summed E-state index contributed by atoms with van der Waals surface area (Å²) in [6.45, 7) is 1.66. The number of fused-ring (bicyclic) bond motifs is 1. The van der Waals surface area contributed by atoms with Gasteiger partial charge in [-0.2, -0.15) is 0 Å². The van der Waals surface area contributed by atoms with Crippen LogP contribution in [0.4, 0.5) is 0 Å². The van der Waals surface area contributed by atoms with Gasteiger partial charge in [0.1, 0.15) is 0 Å². The maximum absolute atomic E-state index is 5.54. The van der Waals surface area contributed by atoms with Crippen LogP contribution < -0.4 is 5.32 Å². The van der Waals surface area contributed by atoms with Gasteiger partial charge in [-0.15, -0.1) is 0 Å². The van der Waals surface area contributed by atoms with E-state index in [1.54, 1.807) is 0 Å². The molecule has 1 radical (unpaired) electrons. The summed E-state index contributed by atoms with van der Waals surface area (Å²) in [6, 6.07) is 0. The van der Waals surface area contributed by atoms with E-state index in [2.05, 4.69) is 24.0 Å². The van der Waals surface area contributed by atoms with Crippen LogP contribution in [0, 0.1) is 6.42 Å². The highest BCUT2D eigenvalue weighted by Gasteiger charge is 2.39. The molecular formula is C12H16NO. The zero-order valence-corrected chi connectivity index (χ0v) is 8.38. The molecule has 1 aliphatic carbocycles. The maximum atomic E-state index is 5.54. The van der Waals surface area contributed by atoms with Crippen molar-refractivity contribution < 1.29 is 4.74 Å². The van der Waals surface area contributed by atoms with Gasteiger partial charge in [0.2, 0.25) is 0 Å². The zero-order chi connectivity index (χ0) is 9.43. The van der Waals surface area contributed by atoms with Crippen molar-refractivity contribution in [1.82, 2.24) is 5.32 Å². The first-order valence-electron chi connectivity index (χ1n) is 5.47. The van der Waals surface area contributed by atoms with Crippen LogP contribution in [0.15, 0.2) is 23.4 Å². The van der Waals surface area contributed by atoms with Crippen molar-refractivity contribution in [2.45, 2.75) is 31.2 Å². The fourth-order valence-corrected chi connectivity index (χ4v) is 2.84. The topological polar surface area (TPSA) is 21.3 Å². The Labute approximate surface area is 85.0 Å². The van der Waals surface area contributed by atoms with E-state index in [1.165, 1.54) is 36.8 Å². The average Bonchev–Trinajstić information content (AvgIpc) is 2.69. The summed E-state index contributed by atoms with van der Waals surface area (Å²) in [6.07, 6.45) is 11.6. The molecule has 75 valence electrons. The molecule has 0 saturated heterocycles. The SMILES string of the molecule is [CH]1CCC2(CC1)NC=CC1=C2COC1. The molecule has 3 rings (SSSR count). The van der Waals surface area contributed by atoms with Gasteiger partial charge >= 0.3 is 0 Å². The van der Waals surface area contributed by atoms with Crippen LogP contribution in [-0.2, 0) is 4.74 Å². The molecule has 0 amide bonds. The van der Waals surface area contributed by atoms with Gasteiger partial charge in [-0.1, -0.05) is 0 Å². The molecule has 0 aromatic heterocycles. The monoisotopic (exact) mass is 190 g/mol. The molecule has 0 unspecified atom stereocenters. The van der Waals surface area contributed by atoms with E-state index >= 15 is 0 Å². The third-order valence-electron chi connectivity index (χ3n) is 3.66. The van der Waals surface area contributed by atoms with E-state index in [1.807, 2.05) is 0 Å². The minimum absolute atomic E-state index is 0.245. The molecule has 2 heterocycles. The molecule has 2 aliphatic heterocycles. The second-order valence-electron chi connectivity index (χ2n) is 4.42. The van der Waals surface area contributed by atoms with Crippen LogP contribution in [0.25, 0.3) is 0 Å². The van der Waals surface area contributed by atoms with Gasteiger partial charge < -0.3 is 10.1 Å². The Hall–Kier alpha value is -0.760. The average molecular weight is 190 g/mol. The first kappa shape index (κ1) is 8.54. The first-order valence-corrected chi connectivity index (χ1v) is 5.47. The highest BCUT2D eigenvalue weighted by atomic mass is 16.5. The molecule has 2 heteroatoms. The van der Waals surface area contributed by atoms with Crippen molar-refractivity contribution >= 4 is 0 Å². The molecular weight excluding hydrogens is 174 g/mol. The molecule has 0 atom stereocenters. The lowest BCUT2D eigenvalue weighted by molar-refractivity contribution is 0.192. The molecule has 1 N–H and O–H groups in total. The lowest BCUT2D eigenvalue weighted by Gasteiger charge is -2.41. The Morgan fingerprint density at radius 2 is 2.07 bits per heavy atom. The normalized spacial score (nSPS) is 29.1. The van der Waals surface area contributed by atoms with Crippen molar-refractivity contribution in [1.29, 1.82) is 0 Å². The van der Waals surface area contributed by atoms with Crippen LogP contribution in [0.2, 0.25) is 0 Å². The van der Waals surface area contributed by atoms with Gasteiger partial charge in [-0.3, -0.25) is 0 Å². The van der Waals surface area contributed by atoms with Gasteiger partial charge in [0.25, 0.3) is 0 Å². The van der Waals surface area contributed by atoms with E-state index < -0.39 is 0 Å². The largest absolute Gasteiger partial charge is 0.382 e. The summed E-state index contributed by atoms with van der Waals surface area (Å²) in [5, 5.41) is 3.57. The second kappa shape index (κ2) is 3.13. The predicted molar refractivity (Wildman–Crippen MR) is 55.6 cm³/mol. The smallest absolute Gasteiger partial charge is 0.0723 e. The number of dihydropyridines is 1. The van der Waals surface area contributed by atoms with Gasteiger partial charge in [-0.05, 0) is 55.5 Å². The van der Waals surface area contributed by atoms with Crippen molar-refractivity contribution in [2.75, 3.05) is 13.2 Å². The van der Waals surface area contributed by atoms with E-state index in [0.717, 1.165) is 13.2 Å². The number of ether oxygens (including phenoxy) is 1. The van der Waals surface area contributed by atoms with Gasteiger partial charge in [0.15, 0.2) is 0 Å². The van der Waals surface area contributed by atoms with E-state index in [4.69, 9.17) is 4.74 Å². The van der Waals surface area contributed by atoms with Crippen LogP contribution in [-0.4, -0.2) is 18.8 Å². The maximum Gasteiger partial charge on any atom is 0.0723 e. The lowest BCUT2D eigenvalue weighted by Crippen LogP contribution is -2.48. The zero-order valence-electron chi connectivity index (χ0n) is 8.38. The van der Waals surface area contributed by atoms with E-state index in [-0.39, 0.29) is 5.54 Å². The Bertz CT molecular complexity index is 297. The fourth-order valence-electron chi connectivity index (χ4n) is 2.84. The number of rotatable bonds is 0. The third kappa shape index (κ3) is 1.13. The molecule has 1 spiro atoms.